The van der Waals surface area contributed by atoms with Gasteiger partial charge in [0.1, 0.15) is 0 Å². The second-order valence-corrected chi connectivity index (χ2v) is 5.80. The summed E-state index contributed by atoms with van der Waals surface area (Å²) in [7, 11) is 0. The highest BCUT2D eigenvalue weighted by molar-refractivity contribution is 5.96. The molecule has 2 aliphatic carbocycles. The van der Waals surface area contributed by atoms with Crippen LogP contribution in [0.3, 0.4) is 0 Å². The van der Waals surface area contributed by atoms with Crippen molar-refractivity contribution >= 4 is 5.78 Å². The van der Waals surface area contributed by atoms with Gasteiger partial charge in [0, 0.05) is 12.0 Å². The predicted octanol–water partition coefficient (Wildman–Crippen LogP) is 5.33. The van der Waals surface area contributed by atoms with Gasteiger partial charge in [-0.1, -0.05) is 69.2 Å². The Morgan fingerprint density at radius 3 is 1.63 bits per heavy atom. The highest BCUT2D eigenvalue weighted by Crippen LogP contribution is 2.16. The summed E-state index contributed by atoms with van der Waals surface area (Å²) in [4.78, 5) is 12.0. The predicted molar refractivity (Wildman–Crippen MR) is 80.6 cm³/mol. The summed E-state index contributed by atoms with van der Waals surface area (Å²) in [6.07, 6.45) is 13.6. The van der Waals surface area contributed by atoms with Crippen LogP contribution >= 0.6 is 0 Å². The number of carbonyl (C=O) groups excluding carboxylic acids is 1. The van der Waals surface area contributed by atoms with Crippen molar-refractivity contribution in [3.05, 3.63) is 35.4 Å². The topological polar surface area (TPSA) is 17.1 Å². The number of ketones is 1. The lowest BCUT2D eigenvalue weighted by atomic mass is 9.99. The molecule has 0 radical (unpaired) electrons. The minimum Gasteiger partial charge on any atom is -0.294 e. The van der Waals surface area contributed by atoms with Crippen molar-refractivity contribution < 1.29 is 4.79 Å². The second-order valence-electron chi connectivity index (χ2n) is 5.80. The zero-order valence-corrected chi connectivity index (χ0v) is 12.0. The zero-order valence-electron chi connectivity index (χ0n) is 12.0. The Bertz CT molecular complexity index is 377. The van der Waals surface area contributed by atoms with Gasteiger partial charge in [0.15, 0.2) is 5.78 Å². The molecule has 2 bridgehead atoms. The van der Waals surface area contributed by atoms with Crippen LogP contribution in [0.5, 0.6) is 0 Å². The third-order valence-electron chi connectivity index (χ3n) is 4.15. The van der Waals surface area contributed by atoms with E-state index in [-0.39, 0.29) is 0 Å². The Hall–Kier alpha value is -1.11. The van der Waals surface area contributed by atoms with Gasteiger partial charge in [-0.2, -0.15) is 0 Å². The number of rotatable bonds is 0. The van der Waals surface area contributed by atoms with Crippen LogP contribution in [-0.4, -0.2) is 5.78 Å². The third kappa shape index (κ3) is 5.18. The molecule has 0 saturated carbocycles. The lowest BCUT2D eigenvalue weighted by Crippen LogP contribution is -1.99. The van der Waals surface area contributed by atoms with Gasteiger partial charge in [-0.25, -0.2) is 0 Å². The molecule has 0 heterocycles. The average molecular weight is 258 g/mol. The SMILES string of the molecule is O=C1CCCCCCCCCCCc2ccc1cc2. The van der Waals surface area contributed by atoms with E-state index in [1.807, 2.05) is 12.1 Å². The Balaban J connectivity index is 1.94. The number of Topliss-reactive ketones (excluding diaryl/α,β-unsaturated/α-hetero) is 1. The molecule has 0 spiro atoms. The number of carbonyl (C=O) groups is 1. The van der Waals surface area contributed by atoms with E-state index in [4.69, 9.17) is 0 Å². The first-order valence-electron chi connectivity index (χ1n) is 7.98. The molecule has 104 valence electrons. The van der Waals surface area contributed by atoms with Crippen molar-refractivity contribution in [3.8, 4) is 0 Å². The van der Waals surface area contributed by atoms with Crippen LogP contribution in [0.15, 0.2) is 24.3 Å². The fourth-order valence-electron chi connectivity index (χ4n) is 2.85. The normalized spacial score (nSPS) is 19.5. The maximum absolute atomic E-state index is 12.0. The van der Waals surface area contributed by atoms with Crippen LogP contribution in [0.4, 0.5) is 0 Å². The average Bonchev–Trinajstić information content (AvgIpc) is 2.44. The summed E-state index contributed by atoms with van der Waals surface area (Å²) in [5.41, 5.74) is 2.28. The van der Waals surface area contributed by atoms with E-state index < -0.39 is 0 Å². The van der Waals surface area contributed by atoms with E-state index >= 15 is 0 Å². The maximum atomic E-state index is 12.0. The van der Waals surface area contributed by atoms with E-state index in [1.165, 1.54) is 56.9 Å². The van der Waals surface area contributed by atoms with Gasteiger partial charge in [0.25, 0.3) is 0 Å². The molecule has 2 aliphatic rings. The number of hydrogen-bond acceptors (Lipinski definition) is 1. The van der Waals surface area contributed by atoms with E-state index in [0.717, 1.165) is 24.8 Å². The molecule has 0 atom stereocenters. The minimum atomic E-state index is 0.318. The fraction of sp³-hybridized carbons (Fsp3) is 0.611. The molecule has 0 aliphatic heterocycles. The Kier molecular flexibility index (Phi) is 6.13. The monoisotopic (exact) mass is 258 g/mol. The molecule has 19 heavy (non-hydrogen) atoms. The van der Waals surface area contributed by atoms with Crippen LogP contribution in [0, 0.1) is 0 Å². The highest BCUT2D eigenvalue weighted by atomic mass is 16.1. The first-order valence-corrected chi connectivity index (χ1v) is 7.98. The lowest BCUT2D eigenvalue weighted by Gasteiger charge is -2.06. The molecule has 0 fully saturated rings. The van der Waals surface area contributed by atoms with Crippen LogP contribution in [0.1, 0.15) is 80.1 Å². The molecule has 1 aromatic rings. The second kappa shape index (κ2) is 8.14. The molecule has 1 nitrogen and oxygen atoms in total. The Morgan fingerprint density at radius 1 is 0.579 bits per heavy atom. The van der Waals surface area contributed by atoms with Gasteiger partial charge in [-0.15, -0.1) is 0 Å². The summed E-state index contributed by atoms with van der Waals surface area (Å²) in [6.45, 7) is 0. The van der Waals surface area contributed by atoms with E-state index in [1.54, 1.807) is 0 Å². The van der Waals surface area contributed by atoms with Crippen molar-refractivity contribution in [1.29, 1.82) is 0 Å². The smallest absolute Gasteiger partial charge is 0.162 e. The van der Waals surface area contributed by atoms with Crippen molar-refractivity contribution in [2.45, 2.75) is 70.6 Å². The first kappa shape index (κ1) is 14.3. The van der Waals surface area contributed by atoms with Crippen molar-refractivity contribution in [1.82, 2.24) is 0 Å². The third-order valence-corrected chi connectivity index (χ3v) is 4.15. The van der Waals surface area contributed by atoms with Crippen molar-refractivity contribution in [3.63, 3.8) is 0 Å². The Labute approximate surface area is 117 Å². The minimum absolute atomic E-state index is 0.318. The number of benzene rings is 1. The fourth-order valence-corrected chi connectivity index (χ4v) is 2.85. The molecule has 0 saturated heterocycles. The summed E-state index contributed by atoms with van der Waals surface area (Å²) in [5.74, 6) is 0.318. The van der Waals surface area contributed by atoms with Crippen LogP contribution in [0.2, 0.25) is 0 Å². The Morgan fingerprint density at radius 2 is 1.05 bits per heavy atom. The van der Waals surface area contributed by atoms with E-state index in [2.05, 4.69) is 12.1 Å². The molecule has 0 unspecified atom stereocenters. The van der Waals surface area contributed by atoms with Gasteiger partial charge >= 0.3 is 0 Å². The summed E-state index contributed by atoms with van der Waals surface area (Å²) in [5, 5.41) is 0. The number of fused-ring (bicyclic) bond motifs is 13. The standard InChI is InChI=1S/C18H26O/c19-18-11-9-7-5-3-1-2-4-6-8-10-16-12-14-17(18)15-13-16/h12-15H,1-11H2. The maximum Gasteiger partial charge on any atom is 0.162 e. The summed E-state index contributed by atoms with van der Waals surface area (Å²) < 4.78 is 0. The summed E-state index contributed by atoms with van der Waals surface area (Å²) in [6, 6.07) is 8.31. The van der Waals surface area contributed by atoms with Crippen LogP contribution < -0.4 is 0 Å². The summed E-state index contributed by atoms with van der Waals surface area (Å²) >= 11 is 0. The van der Waals surface area contributed by atoms with E-state index in [9.17, 15) is 4.79 Å². The molecule has 1 aromatic carbocycles. The molecule has 0 aromatic heterocycles. The zero-order chi connectivity index (χ0) is 13.3. The van der Waals surface area contributed by atoms with Crippen LogP contribution in [0.25, 0.3) is 0 Å². The largest absolute Gasteiger partial charge is 0.294 e. The lowest BCUT2D eigenvalue weighted by molar-refractivity contribution is 0.0979. The molecular weight excluding hydrogens is 232 g/mol. The highest BCUT2D eigenvalue weighted by Gasteiger charge is 2.06. The van der Waals surface area contributed by atoms with Crippen molar-refractivity contribution in [2.24, 2.45) is 0 Å². The van der Waals surface area contributed by atoms with Gasteiger partial charge in [0.05, 0.1) is 0 Å². The van der Waals surface area contributed by atoms with Gasteiger partial charge < -0.3 is 0 Å². The van der Waals surface area contributed by atoms with Crippen LogP contribution in [-0.2, 0) is 6.42 Å². The van der Waals surface area contributed by atoms with Crippen molar-refractivity contribution in [2.75, 3.05) is 0 Å². The number of hydrogen-bond donors (Lipinski definition) is 0. The van der Waals surface area contributed by atoms with E-state index in [0.29, 0.717) is 5.78 Å². The number of aryl methyl sites for hydroxylation is 1. The van der Waals surface area contributed by atoms with Gasteiger partial charge in [0.2, 0.25) is 0 Å². The molecule has 3 rings (SSSR count). The molecular formula is C18H26O. The molecule has 0 N–H and O–H groups in total. The van der Waals surface area contributed by atoms with Gasteiger partial charge in [-0.05, 0) is 24.8 Å². The first-order chi connectivity index (χ1) is 9.36. The van der Waals surface area contributed by atoms with Gasteiger partial charge in [-0.3, -0.25) is 4.79 Å². The molecule has 0 amide bonds. The quantitative estimate of drug-likeness (QED) is 0.615. The molecule has 1 heteroatoms.